The van der Waals surface area contributed by atoms with Gasteiger partial charge in [-0.05, 0) is 38.5 Å². The van der Waals surface area contributed by atoms with Gasteiger partial charge >= 0.3 is 0 Å². The molecular weight excluding hydrogens is 186 g/mol. The summed E-state index contributed by atoms with van der Waals surface area (Å²) in [6.45, 7) is 6.49. The van der Waals surface area contributed by atoms with E-state index in [2.05, 4.69) is 43.7 Å². The Morgan fingerprint density at radius 3 is 2.53 bits per heavy atom. The van der Waals surface area contributed by atoms with Crippen molar-refractivity contribution in [3.05, 3.63) is 30.0 Å². The van der Waals surface area contributed by atoms with E-state index in [0.29, 0.717) is 6.04 Å². The van der Waals surface area contributed by atoms with Crippen LogP contribution in [0.2, 0.25) is 0 Å². The number of aryl methyl sites for hydroxylation is 1. The molecule has 0 aliphatic rings. The molecule has 0 amide bonds. The van der Waals surface area contributed by atoms with E-state index in [4.69, 9.17) is 4.74 Å². The number of aromatic nitrogens is 1. The Morgan fingerprint density at radius 2 is 1.93 bits per heavy atom. The van der Waals surface area contributed by atoms with Gasteiger partial charge in [-0.15, -0.1) is 0 Å². The minimum Gasteiger partial charge on any atom is -0.495 e. The summed E-state index contributed by atoms with van der Waals surface area (Å²) in [7, 11) is 1.72. The standard InChI is InChI=1S/C13H17NO/c1-9(2)14-8-7-11-10(3)5-6-12(15-4)13(11)14/h5-9H,1-4H3. The smallest absolute Gasteiger partial charge is 0.143 e. The molecule has 0 radical (unpaired) electrons. The second-order valence-electron chi connectivity index (χ2n) is 4.16. The normalized spacial score (nSPS) is 11.3. The van der Waals surface area contributed by atoms with Gasteiger partial charge in [-0.3, -0.25) is 0 Å². The summed E-state index contributed by atoms with van der Waals surface area (Å²) in [6, 6.07) is 6.76. The topological polar surface area (TPSA) is 14.2 Å². The van der Waals surface area contributed by atoms with Gasteiger partial charge in [-0.25, -0.2) is 0 Å². The number of benzene rings is 1. The van der Waals surface area contributed by atoms with Crippen molar-refractivity contribution in [2.75, 3.05) is 7.11 Å². The van der Waals surface area contributed by atoms with Crippen molar-refractivity contribution < 1.29 is 4.74 Å². The van der Waals surface area contributed by atoms with E-state index in [-0.39, 0.29) is 0 Å². The Bertz CT molecular complexity index is 482. The molecular formula is C13H17NO. The lowest BCUT2D eigenvalue weighted by Crippen LogP contribution is -2.00. The predicted octanol–water partition coefficient (Wildman–Crippen LogP) is 3.54. The monoisotopic (exact) mass is 203 g/mol. The molecule has 0 atom stereocenters. The van der Waals surface area contributed by atoms with Crippen LogP contribution in [0.3, 0.4) is 0 Å². The van der Waals surface area contributed by atoms with E-state index >= 15 is 0 Å². The third-order valence-electron chi connectivity index (χ3n) is 2.83. The molecule has 0 aliphatic heterocycles. The van der Waals surface area contributed by atoms with Gasteiger partial charge in [-0.1, -0.05) is 6.07 Å². The minimum absolute atomic E-state index is 0.457. The molecule has 0 fully saturated rings. The molecule has 2 rings (SSSR count). The third-order valence-corrected chi connectivity index (χ3v) is 2.83. The fourth-order valence-corrected chi connectivity index (χ4v) is 1.99. The first kappa shape index (κ1) is 10.1. The van der Waals surface area contributed by atoms with E-state index in [9.17, 15) is 0 Å². The molecule has 0 spiro atoms. The Balaban J connectivity index is 2.81. The Hall–Kier alpha value is -1.44. The van der Waals surface area contributed by atoms with Crippen molar-refractivity contribution in [3.63, 3.8) is 0 Å². The van der Waals surface area contributed by atoms with Crippen molar-refractivity contribution in [1.82, 2.24) is 4.57 Å². The van der Waals surface area contributed by atoms with Gasteiger partial charge in [0, 0.05) is 17.6 Å². The zero-order valence-electron chi connectivity index (χ0n) is 9.74. The second-order valence-corrected chi connectivity index (χ2v) is 4.16. The van der Waals surface area contributed by atoms with Crippen LogP contribution in [0, 0.1) is 6.92 Å². The van der Waals surface area contributed by atoms with Crippen LogP contribution in [0.25, 0.3) is 10.9 Å². The van der Waals surface area contributed by atoms with E-state index in [1.54, 1.807) is 7.11 Å². The van der Waals surface area contributed by atoms with E-state index < -0.39 is 0 Å². The minimum atomic E-state index is 0.457. The van der Waals surface area contributed by atoms with Gasteiger partial charge < -0.3 is 9.30 Å². The Morgan fingerprint density at radius 1 is 1.20 bits per heavy atom. The average Bonchev–Trinajstić information content (AvgIpc) is 2.64. The van der Waals surface area contributed by atoms with E-state index in [1.807, 2.05) is 6.07 Å². The van der Waals surface area contributed by atoms with Crippen LogP contribution in [0.1, 0.15) is 25.5 Å². The van der Waals surface area contributed by atoms with Crippen LogP contribution in [-0.2, 0) is 0 Å². The van der Waals surface area contributed by atoms with Gasteiger partial charge in [-0.2, -0.15) is 0 Å². The first-order chi connectivity index (χ1) is 7.15. The first-order valence-electron chi connectivity index (χ1n) is 5.29. The molecule has 0 saturated carbocycles. The SMILES string of the molecule is COc1ccc(C)c2ccn(C(C)C)c12. The molecule has 0 unspecified atom stereocenters. The molecule has 1 aromatic heterocycles. The molecule has 80 valence electrons. The summed E-state index contributed by atoms with van der Waals surface area (Å²) < 4.78 is 7.66. The molecule has 15 heavy (non-hydrogen) atoms. The Labute approximate surface area is 90.5 Å². The van der Waals surface area contributed by atoms with Crippen LogP contribution >= 0.6 is 0 Å². The van der Waals surface area contributed by atoms with Gasteiger partial charge in [0.15, 0.2) is 0 Å². The van der Waals surface area contributed by atoms with Gasteiger partial charge in [0.25, 0.3) is 0 Å². The molecule has 2 heteroatoms. The van der Waals surface area contributed by atoms with Crippen LogP contribution in [-0.4, -0.2) is 11.7 Å². The first-order valence-corrected chi connectivity index (χ1v) is 5.29. The van der Waals surface area contributed by atoms with Crippen LogP contribution in [0.4, 0.5) is 0 Å². The molecule has 2 aromatic rings. The lowest BCUT2D eigenvalue weighted by Gasteiger charge is -2.12. The van der Waals surface area contributed by atoms with Gasteiger partial charge in [0.05, 0.1) is 12.6 Å². The van der Waals surface area contributed by atoms with Crippen molar-refractivity contribution in [2.45, 2.75) is 26.8 Å². The molecule has 0 bridgehead atoms. The van der Waals surface area contributed by atoms with Gasteiger partial charge in [0.1, 0.15) is 5.75 Å². The highest BCUT2D eigenvalue weighted by molar-refractivity contribution is 5.89. The number of ether oxygens (including phenoxy) is 1. The summed E-state index contributed by atoms with van der Waals surface area (Å²) in [5.74, 6) is 0.953. The lowest BCUT2D eigenvalue weighted by atomic mass is 10.1. The number of nitrogens with zero attached hydrogens (tertiary/aromatic N) is 1. The van der Waals surface area contributed by atoms with E-state index in [1.165, 1.54) is 16.5 Å². The van der Waals surface area contributed by atoms with Crippen LogP contribution in [0.15, 0.2) is 24.4 Å². The zero-order valence-corrected chi connectivity index (χ0v) is 9.74. The fourth-order valence-electron chi connectivity index (χ4n) is 1.99. The zero-order chi connectivity index (χ0) is 11.0. The Kier molecular flexibility index (Phi) is 2.43. The highest BCUT2D eigenvalue weighted by Gasteiger charge is 2.10. The van der Waals surface area contributed by atoms with Crippen molar-refractivity contribution in [2.24, 2.45) is 0 Å². The second kappa shape index (κ2) is 3.61. The number of rotatable bonds is 2. The molecule has 0 N–H and O–H groups in total. The molecule has 0 saturated heterocycles. The lowest BCUT2D eigenvalue weighted by molar-refractivity contribution is 0.416. The molecule has 1 heterocycles. The number of hydrogen-bond donors (Lipinski definition) is 0. The number of hydrogen-bond acceptors (Lipinski definition) is 1. The average molecular weight is 203 g/mol. The maximum Gasteiger partial charge on any atom is 0.143 e. The third kappa shape index (κ3) is 1.50. The summed E-state index contributed by atoms with van der Waals surface area (Å²) in [4.78, 5) is 0. The highest BCUT2D eigenvalue weighted by atomic mass is 16.5. The van der Waals surface area contributed by atoms with Crippen molar-refractivity contribution >= 4 is 10.9 Å². The molecule has 2 nitrogen and oxygen atoms in total. The van der Waals surface area contributed by atoms with Crippen molar-refractivity contribution in [1.29, 1.82) is 0 Å². The molecule has 1 aromatic carbocycles. The summed E-state index contributed by atoms with van der Waals surface area (Å²) in [5.41, 5.74) is 2.50. The summed E-state index contributed by atoms with van der Waals surface area (Å²) in [5, 5.41) is 1.28. The summed E-state index contributed by atoms with van der Waals surface area (Å²) >= 11 is 0. The predicted molar refractivity (Wildman–Crippen MR) is 63.6 cm³/mol. The number of methoxy groups -OCH3 is 1. The summed E-state index contributed by atoms with van der Waals surface area (Å²) in [6.07, 6.45) is 2.13. The number of fused-ring (bicyclic) bond motifs is 1. The molecule has 0 aliphatic carbocycles. The van der Waals surface area contributed by atoms with Crippen molar-refractivity contribution in [3.8, 4) is 5.75 Å². The quantitative estimate of drug-likeness (QED) is 0.728. The van der Waals surface area contributed by atoms with Crippen LogP contribution < -0.4 is 4.74 Å². The largest absolute Gasteiger partial charge is 0.495 e. The fraction of sp³-hybridized carbons (Fsp3) is 0.385. The maximum absolute atomic E-state index is 5.41. The van der Waals surface area contributed by atoms with Crippen LogP contribution in [0.5, 0.6) is 5.75 Å². The van der Waals surface area contributed by atoms with E-state index in [0.717, 1.165) is 5.75 Å². The highest BCUT2D eigenvalue weighted by Crippen LogP contribution is 2.31. The maximum atomic E-state index is 5.41. The van der Waals surface area contributed by atoms with Gasteiger partial charge in [0.2, 0.25) is 0 Å².